The highest BCUT2D eigenvalue weighted by molar-refractivity contribution is 7.90. The van der Waals surface area contributed by atoms with E-state index < -0.39 is 21.8 Å². The maximum absolute atomic E-state index is 14.1. The topological polar surface area (TPSA) is 140 Å². The molecule has 1 aliphatic rings. The molecule has 1 aromatic heterocycles. The molecule has 0 bridgehead atoms. The molecule has 4 aromatic rings. The highest BCUT2D eigenvalue weighted by Gasteiger charge is 2.35. The number of methoxy groups -OCH3 is 1. The number of imidazole rings is 1. The molecule has 11 heteroatoms. The van der Waals surface area contributed by atoms with Gasteiger partial charge in [-0.2, -0.15) is 9.23 Å². The van der Waals surface area contributed by atoms with Gasteiger partial charge in [-0.05, 0) is 60.9 Å². The molecule has 0 aliphatic carbocycles. The van der Waals surface area contributed by atoms with Gasteiger partial charge in [0.25, 0.3) is 10.0 Å². The smallest absolute Gasteiger partial charge is 0.344 e. The van der Waals surface area contributed by atoms with Crippen molar-refractivity contribution in [3.8, 4) is 11.8 Å². The van der Waals surface area contributed by atoms with Gasteiger partial charge in [0.1, 0.15) is 11.8 Å². The van der Waals surface area contributed by atoms with Crippen molar-refractivity contribution in [3.05, 3.63) is 94.4 Å². The number of hydrogen-bond acceptors (Lipinski definition) is 7. The van der Waals surface area contributed by atoms with Crippen LogP contribution in [0, 0.1) is 11.3 Å². The van der Waals surface area contributed by atoms with Crippen LogP contribution in [0.25, 0.3) is 11.0 Å². The van der Waals surface area contributed by atoms with Gasteiger partial charge in [-0.3, -0.25) is 9.36 Å². The van der Waals surface area contributed by atoms with Crippen molar-refractivity contribution >= 4 is 27.0 Å². The summed E-state index contributed by atoms with van der Waals surface area (Å²) in [5.74, 6) is 0.108. The molecule has 1 saturated heterocycles. The molecular formula is C28H27N5O5S. The summed E-state index contributed by atoms with van der Waals surface area (Å²) in [7, 11) is -2.93. The highest BCUT2D eigenvalue weighted by Crippen LogP contribution is 2.29. The number of fused-ring (bicyclic) bond motifs is 1. The van der Waals surface area contributed by atoms with Gasteiger partial charge in [0.2, 0.25) is 5.91 Å². The molecule has 1 aliphatic heterocycles. The third kappa shape index (κ3) is 4.69. The van der Waals surface area contributed by atoms with Crippen molar-refractivity contribution in [3.63, 3.8) is 0 Å². The predicted octanol–water partition coefficient (Wildman–Crippen LogP) is 2.46. The molecular weight excluding hydrogens is 518 g/mol. The Bertz CT molecular complexity index is 1730. The number of carbonyl (C=O) groups excluding carboxylic acids is 1. The normalized spacial score (nSPS) is 15.2. The molecule has 0 radical (unpaired) electrons. The van der Waals surface area contributed by atoms with Crippen molar-refractivity contribution < 1.29 is 17.9 Å². The quantitative estimate of drug-likeness (QED) is 0.392. The summed E-state index contributed by atoms with van der Waals surface area (Å²) < 4.78 is 34.7. The third-order valence-electron chi connectivity index (χ3n) is 7.02. The molecule has 1 atom stereocenters. The Kier molecular flexibility index (Phi) is 6.99. The van der Waals surface area contributed by atoms with E-state index in [1.54, 1.807) is 35.2 Å². The number of benzene rings is 3. The van der Waals surface area contributed by atoms with Crippen LogP contribution < -0.4 is 16.2 Å². The van der Waals surface area contributed by atoms with Crippen molar-refractivity contribution in [2.75, 3.05) is 20.2 Å². The van der Waals surface area contributed by atoms with Gasteiger partial charge in [0.05, 0.1) is 34.7 Å². The molecule has 3 aromatic carbocycles. The van der Waals surface area contributed by atoms with E-state index in [4.69, 9.17) is 10.5 Å². The lowest BCUT2D eigenvalue weighted by Crippen LogP contribution is -2.47. The minimum atomic E-state index is -4.39. The lowest BCUT2D eigenvalue weighted by Gasteiger charge is -2.33. The van der Waals surface area contributed by atoms with E-state index >= 15 is 0 Å². The van der Waals surface area contributed by atoms with Gasteiger partial charge in [-0.25, -0.2) is 13.2 Å². The number of piperidine rings is 1. The van der Waals surface area contributed by atoms with Gasteiger partial charge in [-0.1, -0.05) is 30.3 Å². The van der Waals surface area contributed by atoms with Gasteiger partial charge >= 0.3 is 5.69 Å². The molecule has 200 valence electrons. The Balaban J connectivity index is 1.77. The number of nitrogens with two attached hydrogens (primary N) is 1. The van der Waals surface area contributed by atoms with Crippen molar-refractivity contribution in [2.45, 2.75) is 29.8 Å². The molecule has 2 N–H and O–H groups in total. The van der Waals surface area contributed by atoms with E-state index in [0.717, 1.165) is 0 Å². The van der Waals surface area contributed by atoms with Crippen molar-refractivity contribution in [2.24, 2.45) is 5.73 Å². The van der Waals surface area contributed by atoms with E-state index in [-0.39, 0.29) is 33.4 Å². The zero-order valence-corrected chi connectivity index (χ0v) is 22.0. The standard InChI is InChI=1S/C28H27N5O5S/c1-38-22-8-10-23(11-9-22)39(36,37)33-24-12-7-19(18-29)17-25(24)32(28(33)35)26(20-5-3-2-4-6-20)27(34)31-15-13-21(30)14-16-31/h2-12,17,21,26H,13-16,30H2,1H3. The number of aromatic nitrogens is 2. The Labute approximate surface area is 225 Å². The second-order valence-corrected chi connectivity index (χ2v) is 11.2. The predicted molar refractivity (Wildman–Crippen MR) is 145 cm³/mol. The minimum Gasteiger partial charge on any atom is -0.497 e. The summed E-state index contributed by atoms with van der Waals surface area (Å²) in [5.41, 5.74) is 6.09. The summed E-state index contributed by atoms with van der Waals surface area (Å²) >= 11 is 0. The molecule has 1 amide bonds. The Morgan fingerprint density at radius 2 is 1.69 bits per heavy atom. The summed E-state index contributed by atoms with van der Waals surface area (Å²) in [5, 5.41) is 9.58. The zero-order valence-electron chi connectivity index (χ0n) is 21.2. The second kappa shape index (κ2) is 10.4. The molecule has 1 unspecified atom stereocenters. The average molecular weight is 546 g/mol. The number of likely N-dealkylation sites (tertiary alicyclic amines) is 1. The number of nitrogens with zero attached hydrogens (tertiary/aromatic N) is 4. The number of rotatable bonds is 6. The monoisotopic (exact) mass is 545 g/mol. The van der Waals surface area contributed by atoms with Crippen molar-refractivity contribution in [1.82, 2.24) is 13.4 Å². The Morgan fingerprint density at radius 1 is 1.03 bits per heavy atom. The third-order valence-corrected chi connectivity index (χ3v) is 8.72. The first-order chi connectivity index (χ1) is 18.8. The second-order valence-electron chi connectivity index (χ2n) is 9.39. The van der Waals surface area contributed by atoms with Gasteiger partial charge in [-0.15, -0.1) is 0 Å². The van der Waals surface area contributed by atoms with Crippen LogP contribution in [-0.4, -0.2) is 54.0 Å². The molecule has 0 spiro atoms. The first-order valence-corrected chi connectivity index (χ1v) is 13.9. The molecule has 2 heterocycles. The molecule has 39 heavy (non-hydrogen) atoms. The van der Waals surface area contributed by atoms with Crippen LogP contribution in [0.4, 0.5) is 0 Å². The first-order valence-electron chi connectivity index (χ1n) is 12.4. The minimum absolute atomic E-state index is 0.0123. The van der Waals surface area contributed by atoms with Crippen LogP contribution in [0.5, 0.6) is 5.75 Å². The Morgan fingerprint density at radius 3 is 2.31 bits per heavy atom. The van der Waals surface area contributed by atoms with E-state index in [1.165, 1.54) is 54.1 Å². The van der Waals surface area contributed by atoms with Crippen LogP contribution in [0.3, 0.4) is 0 Å². The SMILES string of the molecule is COc1ccc(S(=O)(=O)n2c(=O)n(C(C(=O)N3CCC(N)CC3)c3ccccc3)c3cc(C#N)ccc32)cc1. The maximum atomic E-state index is 14.1. The fourth-order valence-electron chi connectivity index (χ4n) is 4.93. The van der Waals surface area contributed by atoms with Gasteiger partial charge in [0.15, 0.2) is 0 Å². The van der Waals surface area contributed by atoms with E-state index in [9.17, 15) is 23.3 Å². The van der Waals surface area contributed by atoms with E-state index in [1.807, 2.05) is 6.07 Å². The molecule has 0 saturated carbocycles. The van der Waals surface area contributed by atoms with Crippen LogP contribution in [0.2, 0.25) is 0 Å². The summed E-state index contributed by atoms with van der Waals surface area (Å²) in [4.78, 5) is 29.7. The van der Waals surface area contributed by atoms with Crippen LogP contribution >= 0.6 is 0 Å². The number of carbonyl (C=O) groups is 1. The van der Waals surface area contributed by atoms with Gasteiger partial charge in [0, 0.05) is 19.1 Å². The Hall–Kier alpha value is -4.40. The number of nitriles is 1. The lowest BCUT2D eigenvalue weighted by molar-refractivity contribution is -0.134. The number of ether oxygens (including phenoxy) is 1. The summed E-state index contributed by atoms with van der Waals surface area (Å²) in [6, 6.07) is 19.6. The molecule has 1 fully saturated rings. The number of hydrogen-bond donors (Lipinski definition) is 1. The van der Waals surface area contributed by atoms with Crippen LogP contribution in [-0.2, 0) is 14.8 Å². The van der Waals surface area contributed by atoms with E-state index in [0.29, 0.717) is 41.2 Å². The van der Waals surface area contributed by atoms with Crippen LogP contribution in [0.1, 0.15) is 30.0 Å². The summed E-state index contributed by atoms with van der Waals surface area (Å²) in [6.45, 7) is 0.842. The number of amides is 1. The first kappa shape index (κ1) is 26.2. The van der Waals surface area contributed by atoms with Crippen LogP contribution in [0.15, 0.2) is 82.5 Å². The van der Waals surface area contributed by atoms with E-state index in [2.05, 4.69) is 0 Å². The largest absolute Gasteiger partial charge is 0.497 e. The zero-order chi connectivity index (χ0) is 27.7. The molecule has 10 nitrogen and oxygen atoms in total. The average Bonchev–Trinajstić information content (AvgIpc) is 3.25. The van der Waals surface area contributed by atoms with Gasteiger partial charge < -0.3 is 15.4 Å². The lowest BCUT2D eigenvalue weighted by atomic mass is 10.0. The fourth-order valence-corrected chi connectivity index (χ4v) is 6.32. The molecule has 5 rings (SSSR count). The van der Waals surface area contributed by atoms with Crippen molar-refractivity contribution in [1.29, 1.82) is 5.26 Å². The maximum Gasteiger partial charge on any atom is 0.344 e. The highest BCUT2D eigenvalue weighted by atomic mass is 32.2. The summed E-state index contributed by atoms with van der Waals surface area (Å²) in [6.07, 6.45) is 1.24. The fraction of sp³-hybridized carbons (Fsp3) is 0.250.